The number of nitrogens with zero attached hydrogens (tertiary/aromatic N) is 1. The van der Waals surface area contributed by atoms with Crippen LogP contribution < -0.4 is 10.9 Å². The lowest BCUT2D eigenvalue weighted by Crippen LogP contribution is -2.47. The Morgan fingerprint density at radius 1 is 1.06 bits per heavy atom. The zero-order chi connectivity index (χ0) is 22.4. The first kappa shape index (κ1) is 22.8. The summed E-state index contributed by atoms with van der Waals surface area (Å²) in [7, 11) is 1.29. The Kier molecular flexibility index (Phi) is 7.66. The van der Waals surface area contributed by atoms with E-state index in [9.17, 15) is 14.4 Å². The molecule has 1 N–H and O–H groups in total. The molecule has 1 aromatic heterocycles. The minimum Gasteiger partial charge on any atom is -0.467 e. The van der Waals surface area contributed by atoms with E-state index in [0.29, 0.717) is 6.54 Å². The second kappa shape index (κ2) is 10.4. The van der Waals surface area contributed by atoms with Gasteiger partial charge in [-0.3, -0.25) is 9.59 Å². The Morgan fingerprint density at radius 2 is 1.74 bits per heavy atom. The predicted molar refractivity (Wildman–Crippen MR) is 120 cm³/mol. The molecule has 0 saturated heterocycles. The maximum absolute atomic E-state index is 13.5. The molecule has 1 atom stereocenters. The van der Waals surface area contributed by atoms with Crippen LogP contribution in [0.4, 0.5) is 0 Å². The van der Waals surface area contributed by atoms with Crippen molar-refractivity contribution >= 4 is 11.9 Å². The molecular weight excluding hydrogens is 392 g/mol. The maximum Gasteiger partial charge on any atom is 0.328 e. The number of aryl methyl sites for hydroxylation is 1. The minimum absolute atomic E-state index is 0.0878. The first-order valence-corrected chi connectivity index (χ1v) is 11.1. The molecule has 6 heteroatoms. The number of carbonyl (C=O) groups is 2. The molecule has 2 aromatic rings. The summed E-state index contributed by atoms with van der Waals surface area (Å²) < 4.78 is 6.58. The van der Waals surface area contributed by atoms with Crippen molar-refractivity contribution in [1.29, 1.82) is 0 Å². The van der Waals surface area contributed by atoms with E-state index in [1.165, 1.54) is 7.11 Å². The number of nitrogens with one attached hydrogen (secondary N) is 1. The van der Waals surface area contributed by atoms with E-state index in [4.69, 9.17) is 4.74 Å². The summed E-state index contributed by atoms with van der Waals surface area (Å²) >= 11 is 0. The van der Waals surface area contributed by atoms with Crippen LogP contribution in [0.3, 0.4) is 0 Å². The molecule has 1 aliphatic carbocycles. The van der Waals surface area contributed by atoms with Gasteiger partial charge in [0.25, 0.3) is 11.5 Å². The van der Waals surface area contributed by atoms with Gasteiger partial charge in [-0.2, -0.15) is 0 Å². The third-order valence-corrected chi connectivity index (χ3v) is 5.94. The van der Waals surface area contributed by atoms with Gasteiger partial charge in [0.15, 0.2) is 0 Å². The van der Waals surface area contributed by atoms with Crippen LogP contribution in [0, 0.1) is 5.92 Å². The summed E-state index contributed by atoms with van der Waals surface area (Å²) in [4.78, 5) is 38.7. The zero-order valence-corrected chi connectivity index (χ0v) is 18.6. The molecule has 0 unspecified atom stereocenters. The van der Waals surface area contributed by atoms with E-state index < -0.39 is 17.9 Å². The van der Waals surface area contributed by atoms with Crippen molar-refractivity contribution in [2.75, 3.05) is 7.11 Å². The lowest BCUT2D eigenvalue weighted by Gasteiger charge is -2.23. The summed E-state index contributed by atoms with van der Waals surface area (Å²) in [6, 6.07) is 10.8. The summed E-state index contributed by atoms with van der Waals surface area (Å²) in [6.07, 6.45) is 6.04. The van der Waals surface area contributed by atoms with Gasteiger partial charge in [0.2, 0.25) is 0 Å². The second-order valence-corrected chi connectivity index (χ2v) is 8.54. The normalized spacial score (nSPS) is 14.8. The van der Waals surface area contributed by atoms with E-state index in [2.05, 4.69) is 5.32 Å². The van der Waals surface area contributed by atoms with Gasteiger partial charge in [-0.15, -0.1) is 0 Å². The highest BCUT2D eigenvalue weighted by atomic mass is 16.5. The van der Waals surface area contributed by atoms with Gasteiger partial charge in [-0.05, 0) is 48.8 Å². The molecule has 166 valence electrons. The van der Waals surface area contributed by atoms with Crippen LogP contribution in [0.2, 0.25) is 0 Å². The molecule has 1 aliphatic rings. The van der Waals surface area contributed by atoms with Crippen molar-refractivity contribution in [3.63, 3.8) is 0 Å². The largest absolute Gasteiger partial charge is 0.467 e. The number of methoxy groups -OCH3 is 1. The van der Waals surface area contributed by atoms with Crippen molar-refractivity contribution in [3.05, 3.63) is 69.1 Å². The number of fused-ring (bicyclic) bond motifs is 1. The number of ether oxygens (including phenoxy) is 1. The predicted octanol–water partition coefficient (Wildman–Crippen LogP) is 3.48. The number of esters is 1. The van der Waals surface area contributed by atoms with Gasteiger partial charge >= 0.3 is 5.97 Å². The van der Waals surface area contributed by atoms with E-state index in [1.54, 1.807) is 10.6 Å². The van der Waals surface area contributed by atoms with Gasteiger partial charge in [0, 0.05) is 5.69 Å². The fourth-order valence-electron chi connectivity index (χ4n) is 4.17. The quantitative estimate of drug-likeness (QED) is 0.720. The molecular formula is C25H32N2O4. The van der Waals surface area contributed by atoms with Crippen molar-refractivity contribution in [1.82, 2.24) is 9.88 Å². The molecule has 1 amide bonds. The highest BCUT2D eigenvalue weighted by Gasteiger charge is 2.28. The molecule has 0 fully saturated rings. The zero-order valence-electron chi connectivity index (χ0n) is 18.6. The highest BCUT2D eigenvalue weighted by Crippen LogP contribution is 2.21. The fourth-order valence-corrected chi connectivity index (χ4v) is 4.17. The monoisotopic (exact) mass is 424 g/mol. The molecule has 6 nitrogen and oxygen atoms in total. The fraction of sp³-hybridized carbons (Fsp3) is 0.480. The summed E-state index contributed by atoms with van der Waals surface area (Å²) in [6.45, 7) is 4.08. The van der Waals surface area contributed by atoms with Crippen LogP contribution in [0.1, 0.15) is 66.7 Å². The number of hydrogen-bond donors (Lipinski definition) is 1. The van der Waals surface area contributed by atoms with Crippen molar-refractivity contribution < 1.29 is 14.3 Å². The Bertz CT molecular complexity index is 979. The molecule has 0 saturated carbocycles. The summed E-state index contributed by atoms with van der Waals surface area (Å²) in [5.41, 5.74) is 2.87. The average Bonchev–Trinajstić information content (AvgIpc) is 2.74. The minimum atomic E-state index is -0.804. The van der Waals surface area contributed by atoms with Crippen LogP contribution in [0.5, 0.6) is 0 Å². The topological polar surface area (TPSA) is 77.4 Å². The number of amides is 1. The van der Waals surface area contributed by atoms with E-state index in [1.807, 2.05) is 44.2 Å². The van der Waals surface area contributed by atoms with Crippen molar-refractivity contribution in [2.45, 2.75) is 65.0 Å². The molecule has 31 heavy (non-hydrogen) atoms. The van der Waals surface area contributed by atoms with Gasteiger partial charge in [-0.1, -0.05) is 57.0 Å². The average molecular weight is 425 g/mol. The number of hydrogen-bond acceptors (Lipinski definition) is 4. The van der Waals surface area contributed by atoms with Crippen LogP contribution in [0.25, 0.3) is 0 Å². The Labute approximate surface area is 183 Å². The highest BCUT2D eigenvalue weighted by molar-refractivity contribution is 5.96. The lowest BCUT2D eigenvalue weighted by atomic mass is 9.95. The molecule has 1 aromatic carbocycles. The number of rotatable bonds is 6. The number of carbonyl (C=O) groups excluding carboxylic acids is 2. The first-order chi connectivity index (χ1) is 14.9. The molecule has 0 radical (unpaired) electrons. The maximum atomic E-state index is 13.5. The lowest BCUT2D eigenvalue weighted by molar-refractivity contribution is -0.144. The molecule has 0 bridgehead atoms. The van der Waals surface area contributed by atoms with E-state index >= 15 is 0 Å². The molecule has 3 rings (SSSR count). The molecule has 0 aliphatic heterocycles. The Balaban J connectivity index is 2.04. The summed E-state index contributed by atoms with van der Waals surface area (Å²) in [5, 5.41) is 2.72. The van der Waals surface area contributed by atoms with Crippen LogP contribution >= 0.6 is 0 Å². The standard InChI is InChI=1S/C25H32N2O4/c1-17(2)22(25(30)31-3)26-23(28)20-15-19-13-9-4-5-10-14-21(19)27(24(20)29)16-18-11-7-6-8-12-18/h6-8,11-12,15,17,22H,4-5,9-10,13-14,16H2,1-3H3,(H,26,28)/t22-/m0/s1. The number of benzene rings is 1. The van der Waals surface area contributed by atoms with Gasteiger partial charge in [0.05, 0.1) is 13.7 Å². The Hall–Kier alpha value is -2.89. The first-order valence-electron chi connectivity index (χ1n) is 11.1. The van der Waals surface area contributed by atoms with Crippen LogP contribution in [-0.2, 0) is 28.9 Å². The SMILES string of the molecule is COC(=O)[C@@H](NC(=O)c1cc2c(n(Cc3ccccc3)c1=O)CCCCCC2)C(C)C. The van der Waals surface area contributed by atoms with Gasteiger partial charge in [-0.25, -0.2) is 4.79 Å². The number of pyridine rings is 1. The van der Waals surface area contributed by atoms with E-state index in [0.717, 1.165) is 55.3 Å². The smallest absolute Gasteiger partial charge is 0.328 e. The molecule has 0 spiro atoms. The Morgan fingerprint density at radius 3 is 2.39 bits per heavy atom. The number of aromatic nitrogens is 1. The van der Waals surface area contributed by atoms with E-state index in [-0.39, 0.29) is 17.0 Å². The van der Waals surface area contributed by atoms with Gasteiger partial charge < -0.3 is 14.6 Å². The second-order valence-electron chi connectivity index (χ2n) is 8.54. The van der Waals surface area contributed by atoms with Crippen LogP contribution in [-0.4, -0.2) is 29.6 Å². The van der Waals surface area contributed by atoms with Gasteiger partial charge in [0.1, 0.15) is 11.6 Å². The van der Waals surface area contributed by atoms with Crippen LogP contribution in [0.15, 0.2) is 41.2 Å². The third kappa shape index (κ3) is 5.43. The third-order valence-electron chi connectivity index (χ3n) is 5.94. The van der Waals surface area contributed by atoms with Crippen molar-refractivity contribution in [3.8, 4) is 0 Å². The summed E-state index contributed by atoms with van der Waals surface area (Å²) in [5.74, 6) is -1.20. The van der Waals surface area contributed by atoms with Crippen molar-refractivity contribution in [2.24, 2.45) is 5.92 Å². The molecule has 1 heterocycles.